The summed E-state index contributed by atoms with van der Waals surface area (Å²) in [5.41, 5.74) is 3.55. The Morgan fingerprint density at radius 3 is 2.76 bits per heavy atom. The number of benzene rings is 1. The highest BCUT2D eigenvalue weighted by molar-refractivity contribution is 6.29. The molecule has 0 atom stereocenters. The van der Waals surface area contributed by atoms with E-state index in [0.29, 0.717) is 16.6 Å². The number of carbonyl (C=O) groups is 1. The summed E-state index contributed by atoms with van der Waals surface area (Å²) in [7, 11) is 1.60. The SMILES string of the molecule is COc1ccc(C)cc1-n1ccc(C(=O)Nc2cnc(Cl)cc2C)n1. The van der Waals surface area contributed by atoms with E-state index in [9.17, 15) is 4.79 Å². The van der Waals surface area contributed by atoms with E-state index in [1.165, 1.54) is 6.20 Å². The number of aryl methyl sites for hydroxylation is 2. The highest BCUT2D eigenvalue weighted by atomic mass is 35.5. The molecular formula is C18H17ClN4O2. The molecule has 3 aromatic rings. The fraction of sp³-hybridized carbons (Fsp3) is 0.167. The highest BCUT2D eigenvalue weighted by Gasteiger charge is 2.14. The van der Waals surface area contributed by atoms with Gasteiger partial charge in [-0.15, -0.1) is 0 Å². The molecule has 128 valence electrons. The number of nitrogens with one attached hydrogen (secondary N) is 1. The van der Waals surface area contributed by atoms with Gasteiger partial charge in [0.15, 0.2) is 5.69 Å². The number of aromatic nitrogens is 3. The van der Waals surface area contributed by atoms with Crippen molar-refractivity contribution in [3.63, 3.8) is 0 Å². The molecule has 2 heterocycles. The lowest BCUT2D eigenvalue weighted by Gasteiger charge is -2.09. The number of pyridine rings is 1. The molecule has 1 amide bonds. The predicted molar refractivity (Wildman–Crippen MR) is 96.8 cm³/mol. The summed E-state index contributed by atoms with van der Waals surface area (Å²) >= 11 is 5.83. The lowest BCUT2D eigenvalue weighted by Crippen LogP contribution is -2.14. The number of nitrogens with zero attached hydrogens (tertiary/aromatic N) is 3. The number of carbonyl (C=O) groups excluding carboxylic acids is 1. The molecule has 0 bridgehead atoms. The van der Waals surface area contributed by atoms with Crippen LogP contribution in [0.25, 0.3) is 5.69 Å². The summed E-state index contributed by atoms with van der Waals surface area (Å²) in [4.78, 5) is 16.4. The van der Waals surface area contributed by atoms with Gasteiger partial charge in [-0.05, 0) is 49.2 Å². The van der Waals surface area contributed by atoms with Crippen molar-refractivity contribution >= 4 is 23.2 Å². The molecule has 7 heteroatoms. The Morgan fingerprint density at radius 1 is 1.24 bits per heavy atom. The van der Waals surface area contributed by atoms with Gasteiger partial charge in [0.05, 0.1) is 19.0 Å². The monoisotopic (exact) mass is 356 g/mol. The Morgan fingerprint density at radius 2 is 2.04 bits per heavy atom. The van der Waals surface area contributed by atoms with Crippen molar-refractivity contribution < 1.29 is 9.53 Å². The van der Waals surface area contributed by atoms with Crippen LogP contribution in [0.5, 0.6) is 5.75 Å². The molecule has 3 rings (SSSR count). The molecule has 0 radical (unpaired) electrons. The van der Waals surface area contributed by atoms with Gasteiger partial charge in [-0.2, -0.15) is 5.10 Å². The molecule has 0 saturated heterocycles. The van der Waals surface area contributed by atoms with Crippen LogP contribution in [0.2, 0.25) is 5.15 Å². The van der Waals surface area contributed by atoms with E-state index >= 15 is 0 Å². The number of ether oxygens (including phenoxy) is 1. The zero-order valence-electron chi connectivity index (χ0n) is 14.1. The number of amides is 1. The highest BCUT2D eigenvalue weighted by Crippen LogP contribution is 2.24. The number of hydrogen-bond donors (Lipinski definition) is 1. The second kappa shape index (κ2) is 6.94. The first-order valence-corrected chi connectivity index (χ1v) is 8.00. The number of anilines is 1. The van der Waals surface area contributed by atoms with E-state index in [-0.39, 0.29) is 11.6 Å². The number of halogens is 1. The fourth-order valence-corrected chi connectivity index (χ4v) is 2.61. The summed E-state index contributed by atoms with van der Waals surface area (Å²) in [5.74, 6) is 0.357. The van der Waals surface area contributed by atoms with Gasteiger partial charge in [0, 0.05) is 6.20 Å². The predicted octanol–water partition coefficient (Wildman–Crippen LogP) is 3.80. The molecule has 0 spiro atoms. The minimum atomic E-state index is -0.322. The van der Waals surface area contributed by atoms with Gasteiger partial charge in [0.2, 0.25) is 0 Å². The molecule has 0 aliphatic heterocycles. The molecule has 0 aliphatic carbocycles. The largest absolute Gasteiger partial charge is 0.494 e. The van der Waals surface area contributed by atoms with E-state index < -0.39 is 0 Å². The molecule has 0 saturated carbocycles. The molecule has 25 heavy (non-hydrogen) atoms. The fourth-order valence-electron chi connectivity index (χ4n) is 2.40. The lowest BCUT2D eigenvalue weighted by molar-refractivity contribution is 0.102. The number of hydrogen-bond acceptors (Lipinski definition) is 4. The van der Waals surface area contributed by atoms with Gasteiger partial charge >= 0.3 is 0 Å². The standard InChI is InChI=1S/C18H17ClN4O2/c1-11-4-5-16(25-3)15(8-11)23-7-6-13(22-23)18(24)21-14-10-20-17(19)9-12(14)2/h4-10H,1-3H3,(H,21,24). The third-order valence-electron chi connectivity index (χ3n) is 3.73. The summed E-state index contributed by atoms with van der Waals surface area (Å²) < 4.78 is 6.98. The first-order valence-electron chi connectivity index (χ1n) is 7.62. The average molecular weight is 357 g/mol. The van der Waals surface area contributed by atoms with Crippen LogP contribution in [0, 0.1) is 13.8 Å². The van der Waals surface area contributed by atoms with Crippen LogP contribution < -0.4 is 10.1 Å². The molecule has 1 N–H and O–H groups in total. The molecule has 1 aromatic carbocycles. The van der Waals surface area contributed by atoms with Crippen molar-refractivity contribution in [3.8, 4) is 11.4 Å². The lowest BCUT2D eigenvalue weighted by atomic mass is 10.2. The van der Waals surface area contributed by atoms with E-state index in [1.54, 1.807) is 30.1 Å². The van der Waals surface area contributed by atoms with Crippen LogP contribution in [0.1, 0.15) is 21.6 Å². The van der Waals surface area contributed by atoms with Gasteiger partial charge < -0.3 is 10.1 Å². The molecule has 0 unspecified atom stereocenters. The van der Waals surface area contributed by atoms with Gasteiger partial charge in [-0.25, -0.2) is 9.67 Å². The van der Waals surface area contributed by atoms with Crippen molar-refractivity contribution in [2.75, 3.05) is 12.4 Å². The van der Waals surface area contributed by atoms with Crippen molar-refractivity contribution in [3.05, 3.63) is 64.7 Å². The molecule has 2 aromatic heterocycles. The smallest absolute Gasteiger partial charge is 0.276 e. The Labute approximate surface area is 150 Å². The van der Waals surface area contributed by atoms with E-state index in [4.69, 9.17) is 16.3 Å². The Balaban J connectivity index is 1.86. The van der Waals surface area contributed by atoms with Gasteiger partial charge in [0.25, 0.3) is 5.91 Å². The number of rotatable bonds is 4. The van der Waals surface area contributed by atoms with Gasteiger partial charge in [0.1, 0.15) is 16.6 Å². The minimum Gasteiger partial charge on any atom is -0.494 e. The van der Waals surface area contributed by atoms with Crippen molar-refractivity contribution in [1.29, 1.82) is 0 Å². The van der Waals surface area contributed by atoms with E-state index in [2.05, 4.69) is 15.4 Å². The Kier molecular flexibility index (Phi) is 4.72. The first kappa shape index (κ1) is 17.0. The maximum Gasteiger partial charge on any atom is 0.276 e. The van der Waals surface area contributed by atoms with Crippen LogP contribution in [0.3, 0.4) is 0 Å². The maximum absolute atomic E-state index is 12.4. The summed E-state index contributed by atoms with van der Waals surface area (Å²) in [6, 6.07) is 9.11. The van der Waals surface area contributed by atoms with Crippen LogP contribution in [0.15, 0.2) is 42.7 Å². The molecule has 0 aliphatic rings. The third kappa shape index (κ3) is 3.64. The van der Waals surface area contributed by atoms with E-state index in [0.717, 1.165) is 16.8 Å². The van der Waals surface area contributed by atoms with E-state index in [1.807, 2.05) is 32.0 Å². The summed E-state index contributed by atoms with van der Waals surface area (Å²) in [5, 5.41) is 7.52. The molecule has 6 nitrogen and oxygen atoms in total. The van der Waals surface area contributed by atoms with Crippen LogP contribution >= 0.6 is 11.6 Å². The first-order chi connectivity index (χ1) is 12.0. The molecule has 0 fully saturated rings. The topological polar surface area (TPSA) is 69.0 Å². The average Bonchev–Trinajstić information content (AvgIpc) is 3.07. The zero-order valence-corrected chi connectivity index (χ0v) is 14.8. The van der Waals surface area contributed by atoms with Crippen LogP contribution in [-0.2, 0) is 0 Å². The summed E-state index contributed by atoms with van der Waals surface area (Å²) in [6.07, 6.45) is 3.25. The van der Waals surface area contributed by atoms with Gasteiger partial charge in [-0.1, -0.05) is 17.7 Å². The zero-order chi connectivity index (χ0) is 18.0. The van der Waals surface area contributed by atoms with Crippen molar-refractivity contribution in [2.24, 2.45) is 0 Å². The second-order valence-electron chi connectivity index (χ2n) is 5.60. The second-order valence-corrected chi connectivity index (χ2v) is 5.98. The normalized spacial score (nSPS) is 10.6. The summed E-state index contributed by atoms with van der Waals surface area (Å²) in [6.45, 7) is 3.83. The number of methoxy groups -OCH3 is 1. The Bertz CT molecular complexity index is 937. The minimum absolute atomic E-state index is 0.290. The van der Waals surface area contributed by atoms with Gasteiger partial charge in [-0.3, -0.25) is 4.79 Å². The Hall–Kier alpha value is -2.86. The quantitative estimate of drug-likeness (QED) is 0.722. The molecular weight excluding hydrogens is 340 g/mol. The van der Waals surface area contributed by atoms with Crippen molar-refractivity contribution in [2.45, 2.75) is 13.8 Å². The third-order valence-corrected chi connectivity index (χ3v) is 3.94. The van der Waals surface area contributed by atoms with Crippen molar-refractivity contribution in [1.82, 2.24) is 14.8 Å². The van der Waals surface area contributed by atoms with Crippen LogP contribution in [-0.4, -0.2) is 27.8 Å². The maximum atomic E-state index is 12.4. The van der Waals surface area contributed by atoms with Crippen LogP contribution in [0.4, 0.5) is 5.69 Å².